The van der Waals surface area contributed by atoms with E-state index in [-0.39, 0.29) is 12.0 Å². The van der Waals surface area contributed by atoms with Crippen LogP contribution in [0.15, 0.2) is 48.5 Å². The number of amides is 1. The SMILES string of the molecule is COc1ccc(C(=O)N2CCCC2)c(OC2CCN(C(C)CCc3ccccc3)CC2)c1. The Morgan fingerprint density at radius 1 is 1.03 bits per heavy atom. The van der Waals surface area contributed by atoms with Gasteiger partial charge in [-0.2, -0.15) is 0 Å². The molecule has 0 aromatic heterocycles. The topological polar surface area (TPSA) is 42.0 Å². The minimum Gasteiger partial charge on any atom is -0.497 e. The fourth-order valence-corrected chi connectivity index (χ4v) is 4.81. The highest BCUT2D eigenvalue weighted by Crippen LogP contribution is 2.30. The second kappa shape index (κ2) is 10.9. The van der Waals surface area contributed by atoms with E-state index in [0.29, 0.717) is 17.4 Å². The highest BCUT2D eigenvalue weighted by Gasteiger charge is 2.27. The van der Waals surface area contributed by atoms with E-state index in [4.69, 9.17) is 9.47 Å². The number of methoxy groups -OCH3 is 1. The quantitative estimate of drug-likeness (QED) is 0.596. The second-order valence-corrected chi connectivity index (χ2v) is 9.09. The van der Waals surface area contributed by atoms with Crippen molar-refractivity contribution in [3.63, 3.8) is 0 Å². The van der Waals surface area contributed by atoms with Crippen LogP contribution < -0.4 is 9.47 Å². The Hall–Kier alpha value is -2.53. The zero-order chi connectivity index (χ0) is 22.3. The number of carbonyl (C=O) groups excluding carboxylic acids is 1. The minimum absolute atomic E-state index is 0.0760. The van der Waals surface area contributed by atoms with Crippen LogP contribution in [0.25, 0.3) is 0 Å². The monoisotopic (exact) mass is 436 g/mol. The average Bonchev–Trinajstić information content (AvgIpc) is 3.38. The highest BCUT2D eigenvalue weighted by atomic mass is 16.5. The first-order chi connectivity index (χ1) is 15.6. The smallest absolute Gasteiger partial charge is 0.257 e. The van der Waals surface area contributed by atoms with E-state index in [1.165, 1.54) is 12.0 Å². The van der Waals surface area contributed by atoms with Crippen molar-refractivity contribution in [3.05, 3.63) is 59.7 Å². The lowest BCUT2D eigenvalue weighted by Crippen LogP contribution is -2.43. The molecule has 2 aromatic carbocycles. The Bertz CT molecular complexity index is 872. The van der Waals surface area contributed by atoms with Crippen LogP contribution in [0, 0.1) is 0 Å². The lowest BCUT2D eigenvalue weighted by Gasteiger charge is -2.36. The molecule has 0 bridgehead atoms. The summed E-state index contributed by atoms with van der Waals surface area (Å²) in [6.45, 7) is 6.06. The third-order valence-corrected chi connectivity index (χ3v) is 6.90. The number of hydrogen-bond donors (Lipinski definition) is 0. The maximum absolute atomic E-state index is 13.0. The van der Waals surface area contributed by atoms with Gasteiger partial charge in [-0.25, -0.2) is 0 Å². The summed E-state index contributed by atoms with van der Waals surface area (Å²) < 4.78 is 11.8. The van der Waals surface area contributed by atoms with Gasteiger partial charge in [0.05, 0.1) is 12.7 Å². The highest BCUT2D eigenvalue weighted by molar-refractivity contribution is 5.97. The van der Waals surface area contributed by atoms with Gasteiger partial charge in [0.25, 0.3) is 5.91 Å². The first-order valence-corrected chi connectivity index (χ1v) is 12.1. The molecule has 2 fully saturated rings. The number of likely N-dealkylation sites (tertiary alicyclic amines) is 2. The van der Waals surface area contributed by atoms with Gasteiger partial charge in [0.1, 0.15) is 17.6 Å². The van der Waals surface area contributed by atoms with Gasteiger partial charge in [-0.05, 0) is 63.1 Å². The lowest BCUT2D eigenvalue weighted by molar-refractivity contribution is 0.0717. The van der Waals surface area contributed by atoms with E-state index in [1.807, 2.05) is 23.1 Å². The van der Waals surface area contributed by atoms with Crippen LogP contribution in [0.5, 0.6) is 11.5 Å². The van der Waals surface area contributed by atoms with Crippen molar-refractivity contribution >= 4 is 5.91 Å². The van der Waals surface area contributed by atoms with Crippen LogP contribution >= 0.6 is 0 Å². The van der Waals surface area contributed by atoms with Crippen LogP contribution in [0.2, 0.25) is 0 Å². The van der Waals surface area contributed by atoms with Gasteiger partial charge in [0.2, 0.25) is 0 Å². The largest absolute Gasteiger partial charge is 0.497 e. The summed E-state index contributed by atoms with van der Waals surface area (Å²) >= 11 is 0. The molecular formula is C27H36N2O3. The molecule has 1 amide bonds. The Morgan fingerprint density at radius 3 is 2.44 bits per heavy atom. The Kier molecular flexibility index (Phi) is 7.69. The third kappa shape index (κ3) is 5.63. The standard InChI is InChI=1S/C27H36N2O3/c1-21(10-11-22-8-4-3-5-9-22)28-18-14-23(15-19-28)32-26-20-24(31-2)12-13-25(26)27(30)29-16-6-7-17-29/h3-5,8-9,12-13,20-21,23H,6-7,10-11,14-19H2,1-2H3. The summed E-state index contributed by atoms with van der Waals surface area (Å²) in [6.07, 6.45) is 6.53. The van der Waals surface area contributed by atoms with E-state index in [0.717, 1.165) is 64.0 Å². The molecule has 0 saturated carbocycles. The van der Waals surface area contributed by atoms with Gasteiger partial charge >= 0.3 is 0 Å². The maximum Gasteiger partial charge on any atom is 0.257 e. The lowest BCUT2D eigenvalue weighted by atomic mass is 10.0. The summed E-state index contributed by atoms with van der Waals surface area (Å²) in [6, 6.07) is 16.9. The molecule has 0 N–H and O–H groups in total. The molecule has 0 spiro atoms. The Labute approximate surface area is 192 Å². The fraction of sp³-hybridized carbons (Fsp3) is 0.519. The van der Waals surface area contributed by atoms with Crippen LogP contribution in [0.4, 0.5) is 0 Å². The summed E-state index contributed by atoms with van der Waals surface area (Å²) in [4.78, 5) is 17.5. The predicted molar refractivity (Wildman–Crippen MR) is 128 cm³/mol. The van der Waals surface area contributed by atoms with Gasteiger partial charge < -0.3 is 19.3 Å². The number of piperidine rings is 1. The summed E-state index contributed by atoms with van der Waals surface area (Å²) in [5, 5.41) is 0. The molecule has 2 aromatic rings. The second-order valence-electron chi connectivity index (χ2n) is 9.09. The number of benzene rings is 2. The number of hydrogen-bond acceptors (Lipinski definition) is 4. The fourth-order valence-electron chi connectivity index (χ4n) is 4.81. The van der Waals surface area contributed by atoms with Crippen LogP contribution in [-0.2, 0) is 6.42 Å². The zero-order valence-corrected chi connectivity index (χ0v) is 19.5. The van der Waals surface area contributed by atoms with E-state index in [2.05, 4.69) is 42.2 Å². The van der Waals surface area contributed by atoms with Crippen LogP contribution in [0.1, 0.15) is 54.9 Å². The molecular weight excluding hydrogens is 400 g/mol. The first-order valence-electron chi connectivity index (χ1n) is 12.1. The number of rotatable bonds is 8. The summed E-state index contributed by atoms with van der Waals surface area (Å²) in [5.74, 6) is 1.47. The van der Waals surface area contributed by atoms with Crippen molar-refractivity contribution in [2.24, 2.45) is 0 Å². The molecule has 172 valence electrons. The number of nitrogens with zero attached hydrogens (tertiary/aromatic N) is 2. The van der Waals surface area contributed by atoms with E-state index in [1.54, 1.807) is 7.11 Å². The molecule has 5 heteroatoms. The average molecular weight is 437 g/mol. The molecule has 2 saturated heterocycles. The van der Waals surface area contributed by atoms with Crippen LogP contribution in [-0.4, -0.2) is 61.1 Å². The van der Waals surface area contributed by atoms with Crippen molar-refractivity contribution in [1.82, 2.24) is 9.80 Å². The van der Waals surface area contributed by atoms with Gasteiger partial charge in [-0.3, -0.25) is 4.79 Å². The van der Waals surface area contributed by atoms with Gasteiger partial charge in [0.15, 0.2) is 0 Å². The molecule has 1 atom stereocenters. The molecule has 0 aliphatic carbocycles. The predicted octanol–water partition coefficient (Wildman–Crippen LogP) is 4.80. The van der Waals surface area contributed by atoms with Crippen LogP contribution in [0.3, 0.4) is 0 Å². The number of aryl methyl sites for hydroxylation is 1. The molecule has 32 heavy (non-hydrogen) atoms. The molecule has 5 nitrogen and oxygen atoms in total. The number of ether oxygens (including phenoxy) is 2. The van der Waals surface area contributed by atoms with Crippen molar-refractivity contribution in [3.8, 4) is 11.5 Å². The Morgan fingerprint density at radius 2 is 1.75 bits per heavy atom. The molecule has 2 aliphatic heterocycles. The van der Waals surface area contributed by atoms with Crippen molar-refractivity contribution in [2.45, 2.75) is 57.6 Å². The molecule has 0 radical (unpaired) electrons. The molecule has 4 rings (SSSR count). The summed E-state index contributed by atoms with van der Waals surface area (Å²) in [5.41, 5.74) is 2.07. The molecule has 1 unspecified atom stereocenters. The third-order valence-electron chi connectivity index (χ3n) is 6.90. The van der Waals surface area contributed by atoms with Crippen molar-refractivity contribution in [1.29, 1.82) is 0 Å². The van der Waals surface area contributed by atoms with Crippen molar-refractivity contribution in [2.75, 3.05) is 33.3 Å². The molecule has 2 heterocycles. The molecule has 2 aliphatic rings. The maximum atomic E-state index is 13.0. The van der Waals surface area contributed by atoms with Crippen molar-refractivity contribution < 1.29 is 14.3 Å². The van der Waals surface area contributed by atoms with E-state index >= 15 is 0 Å². The van der Waals surface area contributed by atoms with Gasteiger partial charge in [-0.15, -0.1) is 0 Å². The van der Waals surface area contributed by atoms with E-state index < -0.39 is 0 Å². The minimum atomic E-state index is 0.0760. The van der Waals surface area contributed by atoms with Gasteiger partial charge in [-0.1, -0.05) is 30.3 Å². The summed E-state index contributed by atoms with van der Waals surface area (Å²) in [7, 11) is 1.65. The first kappa shape index (κ1) is 22.7. The zero-order valence-electron chi connectivity index (χ0n) is 19.5. The van der Waals surface area contributed by atoms with Gasteiger partial charge in [0, 0.05) is 38.3 Å². The number of carbonyl (C=O) groups is 1. The normalized spacial score (nSPS) is 18.5. The Balaban J connectivity index is 1.33. The van der Waals surface area contributed by atoms with E-state index in [9.17, 15) is 4.79 Å².